The van der Waals surface area contributed by atoms with Crippen molar-refractivity contribution >= 4 is 15.9 Å². The Morgan fingerprint density at radius 3 is 2.57 bits per heavy atom. The molecule has 1 aromatic rings. The van der Waals surface area contributed by atoms with Crippen LogP contribution in [-0.2, 0) is 10.0 Å². The number of hydrogen-bond donors (Lipinski definition) is 2. The molecule has 7 nitrogen and oxygen atoms in total. The molecule has 1 amide bonds. The molecule has 0 unspecified atom stereocenters. The Kier molecular flexibility index (Phi) is 7.67. The van der Waals surface area contributed by atoms with Gasteiger partial charge in [0.15, 0.2) is 0 Å². The molecule has 0 aliphatic carbocycles. The van der Waals surface area contributed by atoms with Crippen LogP contribution in [0.5, 0.6) is 5.75 Å². The highest BCUT2D eigenvalue weighted by molar-refractivity contribution is 7.88. The zero-order valence-electron chi connectivity index (χ0n) is 15.5. The number of alkyl halides is 3. The van der Waals surface area contributed by atoms with Crippen LogP contribution in [0.25, 0.3) is 0 Å². The maximum absolute atomic E-state index is 12.3. The van der Waals surface area contributed by atoms with Crippen LogP contribution in [0, 0.1) is 5.92 Å². The molecule has 28 heavy (non-hydrogen) atoms. The number of piperidine rings is 1. The van der Waals surface area contributed by atoms with Gasteiger partial charge in [0.1, 0.15) is 5.75 Å². The van der Waals surface area contributed by atoms with Gasteiger partial charge in [-0.3, -0.25) is 4.79 Å². The number of carbonyl (C=O) groups is 1. The highest BCUT2D eigenvalue weighted by Gasteiger charge is 2.31. The fourth-order valence-corrected chi connectivity index (χ4v) is 3.44. The van der Waals surface area contributed by atoms with Crippen LogP contribution >= 0.6 is 0 Å². The summed E-state index contributed by atoms with van der Waals surface area (Å²) in [5, 5.41) is 2.75. The first-order valence-corrected chi connectivity index (χ1v) is 10.7. The van der Waals surface area contributed by atoms with Crippen molar-refractivity contribution in [2.45, 2.75) is 19.2 Å². The largest absolute Gasteiger partial charge is 0.573 e. The van der Waals surface area contributed by atoms with Crippen LogP contribution in [0.3, 0.4) is 0 Å². The van der Waals surface area contributed by atoms with Crippen molar-refractivity contribution < 1.29 is 31.1 Å². The second kappa shape index (κ2) is 9.57. The third kappa shape index (κ3) is 8.44. The molecule has 0 saturated carbocycles. The van der Waals surface area contributed by atoms with Gasteiger partial charge in [-0.15, -0.1) is 13.2 Å². The molecule has 0 atom stereocenters. The number of benzene rings is 1. The smallest absolute Gasteiger partial charge is 0.406 e. The molecule has 158 valence electrons. The quantitative estimate of drug-likeness (QED) is 0.663. The van der Waals surface area contributed by atoms with E-state index in [9.17, 15) is 26.4 Å². The summed E-state index contributed by atoms with van der Waals surface area (Å²) < 4.78 is 65.2. The molecule has 0 spiro atoms. The third-order valence-corrected chi connectivity index (χ3v) is 5.11. The number of halogens is 3. The lowest BCUT2D eigenvalue weighted by Gasteiger charge is -2.31. The monoisotopic (exact) mass is 423 g/mol. The number of nitrogens with one attached hydrogen (secondary N) is 2. The summed E-state index contributed by atoms with van der Waals surface area (Å²) in [5.41, 5.74) is 0.103. The van der Waals surface area contributed by atoms with E-state index in [1.54, 1.807) is 0 Å². The van der Waals surface area contributed by atoms with Gasteiger partial charge >= 0.3 is 6.36 Å². The van der Waals surface area contributed by atoms with Crippen LogP contribution in [0.2, 0.25) is 0 Å². The van der Waals surface area contributed by atoms with E-state index in [0.717, 1.165) is 44.3 Å². The first-order valence-electron chi connectivity index (χ1n) is 8.83. The van der Waals surface area contributed by atoms with Crippen LogP contribution < -0.4 is 14.8 Å². The Morgan fingerprint density at radius 1 is 1.29 bits per heavy atom. The number of nitrogens with zero attached hydrogens (tertiary/aromatic N) is 1. The summed E-state index contributed by atoms with van der Waals surface area (Å²) in [6, 6.07) is 4.95. The minimum Gasteiger partial charge on any atom is -0.406 e. The van der Waals surface area contributed by atoms with Crippen LogP contribution in [0.1, 0.15) is 23.2 Å². The molecular weight excluding hydrogens is 399 g/mol. The number of rotatable bonds is 8. The Labute approximate surface area is 162 Å². The van der Waals surface area contributed by atoms with Gasteiger partial charge < -0.3 is 15.0 Å². The van der Waals surface area contributed by atoms with Gasteiger partial charge in [-0.05, 0) is 50.0 Å². The first-order chi connectivity index (χ1) is 13.0. The van der Waals surface area contributed by atoms with E-state index >= 15 is 0 Å². The van der Waals surface area contributed by atoms with E-state index in [1.807, 2.05) is 0 Å². The molecule has 1 aliphatic heterocycles. The topological polar surface area (TPSA) is 87.7 Å². The van der Waals surface area contributed by atoms with E-state index in [4.69, 9.17) is 0 Å². The van der Waals surface area contributed by atoms with Gasteiger partial charge in [-0.2, -0.15) is 0 Å². The standard InChI is InChI=1S/C17H24F3N3O4S/c1-28(25,26)22-7-10-23-8-5-13(6-9-23)12-21-16(24)14-3-2-4-15(11-14)27-17(18,19)20/h2-4,11,13,22H,5-10,12H2,1H3,(H,21,24). The lowest BCUT2D eigenvalue weighted by Crippen LogP contribution is -2.41. The van der Waals surface area contributed by atoms with E-state index in [0.29, 0.717) is 19.6 Å². The molecular formula is C17H24F3N3O4S. The number of ether oxygens (including phenoxy) is 1. The minimum atomic E-state index is -4.81. The fraction of sp³-hybridized carbons (Fsp3) is 0.588. The highest BCUT2D eigenvalue weighted by Crippen LogP contribution is 2.23. The number of sulfonamides is 1. The van der Waals surface area contributed by atoms with Gasteiger partial charge in [0.25, 0.3) is 5.91 Å². The van der Waals surface area contributed by atoms with Crippen LogP contribution in [0.4, 0.5) is 13.2 Å². The normalized spacial score (nSPS) is 16.7. The Hall–Kier alpha value is -1.85. The van der Waals surface area contributed by atoms with Crippen molar-refractivity contribution in [3.8, 4) is 5.75 Å². The second-order valence-corrected chi connectivity index (χ2v) is 8.57. The van der Waals surface area contributed by atoms with Crippen molar-refractivity contribution in [3.05, 3.63) is 29.8 Å². The summed E-state index contributed by atoms with van der Waals surface area (Å²) in [4.78, 5) is 14.3. The summed E-state index contributed by atoms with van der Waals surface area (Å²) in [5.74, 6) is -0.624. The van der Waals surface area contributed by atoms with E-state index < -0.39 is 28.0 Å². The van der Waals surface area contributed by atoms with Gasteiger partial charge in [-0.1, -0.05) is 6.07 Å². The lowest BCUT2D eigenvalue weighted by molar-refractivity contribution is -0.274. The lowest BCUT2D eigenvalue weighted by atomic mass is 9.96. The van der Waals surface area contributed by atoms with Crippen LogP contribution in [0.15, 0.2) is 24.3 Å². The number of amides is 1. The molecule has 1 aromatic carbocycles. The van der Waals surface area contributed by atoms with Gasteiger partial charge in [-0.25, -0.2) is 13.1 Å². The van der Waals surface area contributed by atoms with E-state index in [2.05, 4.69) is 19.7 Å². The van der Waals surface area contributed by atoms with Gasteiger partial charge in [0.2, 0.25) is 10.0 Å². The molecule has 0 aromatic heterocycles. The van der Waals surface area contributed by atoms with Crippen molar-refractivity contribution in [3.63, 3.8) is 0 Å². The van der Waals surface area contributed by atoms with E-state index in [1.165, 1.54) is 12.1 Å². The predicted octanol–water partition coefficient (Wildman–Crippen LogP) is 1.58. The average Bonchev–Trinajstić information content (AvgIpc) is 2.58. The maximum Gasteiger partial charge on any atom is 0.573 e. The third-order valence-electron chi connectivity index (χ3n) is 4.38. The second-order valence-electron chi connectivity index (χ2n) is 6.74. The first kappa shape index (κ1) is 22.4. The van der Waals surface area contributed by atoms with E-state index in [-0.39, 0.29) is 11.5 Å². The van der Waals surface area contributed by atoms with Crippen molar-refractivity contribution in [1.82, 2.24) is 14.9 Å². The molecule has 2 N–H and O–H groups in total. The van der Waals surface area contributed by atoms with Gasteiger partial charge in [0, 0.05) is 25.2 Å². The number of likely N-dealkylation sites (tertiary alicyclic amines) is 1. The van der Waals surface area contributed by atoms with Crippen molar-refractivity contribution in [2.75, 3.05) is 39.0 Å². The molecule has 2 rings (SSSR count). The average molecular weight is 423 g/mol. The molecule has 1 aliphatic rings. The summed E-state index contributed by atoms with van der Waals surface area (Å²) >= 11 is 0. The maximum atomic E-state index is 12.3. The number of carbonyl (C=O) groups excluding carboxylic acids is 1. The van der Waals surface area contributed by atoms with Crippen molar-refractivity contribution in [1.29, 1.82) is 0 Å². The van der Waals surface area contributed by atoms with Gasteiger partial charge in [0.05, 0.1) is 6.26 Å². The SMILES string of the molecule is CS(=O)(=O)NCCN1CCC(CNC(=O)c2cccc(OC(F)(F)F)c2)CC1. The van der Waals surface area contributed by atoms with Crippen LogP contribution in [-0.4, -0.2) is 64.6 Å². The molecule has 1 heterocycles. The minimum absolute atomic E-state index is 0.103. The van der Waals surface area contributed by atoms with Crippen molar-refractivity contribution in [2.24, 2.45) is 5.92 Å². The Morgan fingerprint density at radius 2 is 1.96 bits per heavy atom. The zero-order chi connectivity index (χ0) is 20.8. The summed E-state index contributed by atoms with van der Waals surface area (Å²) in [7, 11) is -3.19. The number of hydrogen-bond acceptors (Lipinski definition) is 5. The summed E-state index contributed by atoms with van der Waals surface area (Å²) in [6.07, 6.45) is -2.00. The molecule has 0 radical (unpaired) electrons. The Bertz CT molecular complexity index is 763. The molecule has 1 saturated heterocycles. The molecule has 1 fully saturated rings. The highest BCUT2D eigenvalue weighted by atomic mass is 32.2. The Balaban J connectivity index is 1.73. The zero-order valence-corrected chi connectivity index (χ0v) is 16.3. The molecule has 11 heteroatoms. The fourth-order valence-electron chi connectivity index (χ4n) is 2.98. The summed E-state index contributed by atoms with van der Waals surface area (Å²) in [6.45, 7) is 3.00. The predicted molar refractivity (Wildman–Crippen MR) is 97.5 cm³/mol. The molecule has 0 bridgehead atoms.